The van der Waals surface area contributed by atoms with E-state index >= 15 is 0 Å². The van der Waals surface area contributed by atoms with E-state index in [0.29, 0.717) is 0 Å². The van der Waals surface area contributed by atoms with Gasteiger partial charge in [0.05, 0.1) is 5.82 Å². The summed E-state index contributed by atoms with van der Waals surface area (Å²) < 4.78 is 0. The lowest BCUT2D eigenvalue weighted by Gasteiger charge is -2.13. The average molecular weight is 121 g/mol. The molecule has 0 amide bonds. The Bertz CT molecular complexity index is 87.5. The highest BCUT2D eigenvalue weighted by atomic mass is 32.1. The molecule has 0 aliphatic carbocycles. The molecule has 1 aliphatic rings. The van der Waals surface area contributed by atoms with E-state index in [1.54, 1.807) is 0 Å². The van der Waals surface area contributed by atoms with Crippen molar-refractivity contribution in [1.82, 2.24) is 0 Å². The molecule has 1 aliphatic heterocycles. The van der Waals surface area contributed by atoms with Crippen molar-refractivity contribution in [3.8, 4) is 0 Å². The normalized spacial score (nSPS) is 30.3. The van der Waals surface area contributed by atoms with Crippen molar-refractivity contribution in [2.24, 2.45) is 11.0 Å². The van der Waals surface area contributed by atoms with Gasteiger partial charge in [-0.15, -0.1) is 0 Å². The molecule has 0 aromatic carbocycles. The van der Waals surface area contributed by atoms with Crippen LogP contribution in [0.5, 0.6) is 0 Å². The van der Waals surface area contributed by atoms with Gasteiger partial charge in [0.2, 0.25) is 0 Å². The van der Waals surface area contributed by atoms with Crippen LogP contribution in [-0.4, -0.2) is 0 Å². The van der Waals surface area contributed by atoms with Gasteiger partial charge in [-0.05, 0) is 0 Å². The van der Waals surface area contributed by atoms with Crippen molar-refractivity contribution >= 4 is 15.5 Å². The lowest BCUT2D eigenvalue weighted by atomic mass is 11.2. The second-order valence-electron chi connectivity index (χ2n) is 1.28. The van der Waals surface area contributed by atoms with E-state index in [4.69, 9.17) is 11.0 Å². The van der Waals surface area contributed by atoms with Crippen LogP contribution in [0.4, 0.5) is 0 Å². The van der Waals surface area contributed by atoms with E-state index in [1.165, 1.54) is 0 Å². The molecule has 0 bridgehead atoms. The third kappa shape index (κ3) is 0.772. The second kappa shape index (κ2) is 1.24. The molecule has 1 heterocycles. The van der Waals surface area contributed by atoms with Gasteiger partial charge in [-0.1, -0.05) is 0 Å². The van der Waals surface area contributed by atoms with Gasteiger partial charge >= 0.3 is 0 Å². The highest BCUT2D eigenvalue weighted by Gasteiger charge is 2.29. The van der Waals surface area contributed by atoms with Crippen molar-refractivity contribution in [3.63, 3.8) is 0 Å². The molecule has 1 atom stereocenters. The van der Waals surface area contributed by atoms with E-state index in [2.05, 4.69) is 0 Å². The lowest BCUT2D eigenvalue weighted by molar-refractivity contribution is 1.77. The topological polar surface area (TPSA) is 52.0 Å². The van der Waals surface area contributed by atoms with E-state index in [1.807, 2.05) is 11.6 Å². The zero-order valence-corrected chi connectivity index (χ0v) is 5.15. The molecule has 4 N–H and O–H groups in total. The lowest BCUT2D eigenvalue weighted by Crippen LogP contribution is -2.08. The van der Waals surface area contributed by atoms with Gasteiger partial charge in [-0.25, -0.2) is 0 Å². The van der Waals surface area contributed by atoms with Gasteiger partial charge in [0, 0.05) is 5.82 Å². The molecule has 0 radical (unpaired) electrons. The Hall–Kier alpha value is 0.520. The summed E-state index contributed by atoms with van der Waals surface area (Å²) in [6.07, 6.45) is 0. The minimum atomic E-state index is -1.37. The van der Waals surface area contributed by atoms with Crippen LogP contribution in [0.2, 0.25) is 0 Å². The minimum Gasteiger partial charge on any atom is -0.183 e. The Morgan fingerprint density at radius 2 is 1.83 bits per heavy atom. The Morgan fingerprint density at radius 1 is 1.50 bits per heavy atom. The molecule has 34 valence electrons. The Labute approximate surface area is 39.1 Å². The standard InChI is InChI=1S/C2H7N2P2/c3-6(4)2-1-5-6/h1-2,5H,3-4H2/q+1. The average Bonchev–Trinajstić information content (AvgIpc) is 1.32. The molecule has 0 aromatic heterocycles. The maximum Gasteiger partial charge on any atom is 0.186 e. The first-order valence-electron chi connectivity index (χ1n) is 1.62. The predicted octanol–water partition coefficient (Wildman–Crippen LogP) is 0.830. The number of hydrogen-bond acceptors (Lipinski definition) is 2. The third-order valence-electron chi connectivity index (χ3n) is 0.619. The van der Waals surface area contributed by atoms with Crippen molar-refractivity contribution in [2.45, 2.75) is 0 Å². The van der Waals surface area contributed by atoms with Gasteiger partial charge < -0.3 is 0 Å². The number of nitrogens with two attached hydrogens (primary N) is 2. The fourth-order valence-corrected chi connectivity index (χ4v) is 2.22. The molecular weight excluding hydrogens is 114 g/mol. The first-order chi connectivity index (χ1) is 2.71. The van der Waals surface area contributed by atoms with Crippen LogP contribution < -0.4 is 11.0 Å². The summed E-state index contributed by atoms with van der Waals surface area (Å²) >= 11 is 0. The molecule has 0 aromatic rings. The fourth-order valence-electron chi connectivity index (χ4n) is 0.247. The monoisotopic (exact) mass is 121 g/mol. The van der Waals surface area contributed by atoms with E-state index in [-0.39, 0.29) is 0 Å². The zero-order chi connectivity index (χ0) is 4.62. The van der Waals surface area contributed by atoms with E-state index < -0.39 is 7.25 Å². The summed E-state index contributed by atoms with van der Waals surface area (Å²) in [4.78, 5) is 0. The Balaban J connectivity index is 2.57. The highest BCUT2D eigenvalue weighted by molar-refractivity contribution is 8.34. The van der Waals surface area contributed by atoms with Crippen molar-refractivity contribution in [1.29, 1.82) is 0 Å². The SMILES string of the molecule is N[P+]1(N)C=CP1. The zero-order valence-electron chi connectivity index (χ0n) is 3.26. The summed E-state index contributed by atoms with van der Waals surface area (Å²) in [5.41, 5.74) is 10.9. The maximum absolute atomic E-state index is 5.44. The minimum absolute atomic E-state index is 0.734. The molecule has 6 heavy (non-hydrogen) atoms. The second-order valence-corrected chi connectivity index (χ2v) is 6.94. The summed E-state index contributed by atoms with van der Waals surface area (Å²) in [5, 5.41) is 0. The maximum atomic E-state index is 5.44. The van der Waals surface area contributed by atoms with Gasteiger partial charge in [0.1, 0.15) is 8.27 Å². The van der Waals surface area contributed by atoms with Crippen LogP contribution in [0.3, 0.4) is 0 Å². The van der Waals surface area contributed by atoms with Crippen molar-refractivity contribution in [2.75, 3.05) is 0 Å². The first kappa shape index (κ1) is 4.67. The van der Waals surface area contributed by atoms with Gasteiger partial charge in [-0.2, -0.15) is 11.0 Å². The summed E-state index contributed by atoms with van der Waals surface area (Å²) in [6, 6.07) is 0. The Kier molecular flexibility index (Phi) is 0.969. The van der Waals surface area contributed by atoms with Crippen LogP contribution in [0.1, 0.15) is 0 Å². The fraction of sp³-hybridized carbons (Fsp3) is 0. The molecular formula is C2H7N2P2+. The summed E-state index contributed by atoms with van der Waals surface area (Å²) in [7, 11) is -0.635. The highest BCUT2D eigenvalue weighted by Crippen LogP contribution is 2.71. The van der Waals surface area contributed by atoms with E-state index in [0.717, 1.165) is 8.27 Å². The smallest absolute Gasteiger partial charge is 0.183 e. The van der Waals surface area contributed by atoms with Crippen molar-refractivity contribution in [3.05, 3.63) is 11.6 Å². The van der Waals surface area contributed by atoms with Crippen LogP contribution >= 0.6 is 15.5 Å². The Morgan fingerprint density at radius 3 is 1.83 bits per heavy atom. The quantitative estimate of drug-likeness (QED) is 0.466. The number of hydrogen-bond donors (Lipinski definition) is 2. The van der Waals surface area contributed by atoms with Crippen LogP contribution in [0.15, 0.2) is 11.6 Å². The molecule has 1 unspecified atom stereocenters. The van der Waals surface area contributed by atoms with Crippen LogP contribution in [-0.2, 0) is 0 Å². The molecule has 1 rings (SSSR count). The summed E-state index contributed by atoms with van der Waals surface area (Å²) in [6.45, 7) is 0. The van der Waals surface area contributed by atoms with Gasteiger partial charge in [0.25, 0.3) is 0 Å². The molecule has 2 nitrogen and oxygen atoms in total. The van der Waals surface area contributed by atoms with Gasteiger partial charge in [-0.3, -0.25) is 0 Å². The van der Waals surface area contributed by atoms with Gasteiger partial charge in [0.15, 0.2) is 7.25 Å². The molecule has 0 saturated carbocycles. The molecule has 0 spiro atoms. The first-order valence-corrected chi connectivity index (χ1v) is 5.54. The largest absolute Gasteiger partial charge is 0.186 e. The molecule has 0 saturated heterocycles. The van der Waals surface area contributed by atoms with E-state index in [9.17, 15) is 0 Å². The number of rotatable bonds is 0. The van der Waals surface area contributed by atoms with Crippen molar-refractivity contribution < 1.29 is 0 Å². The van der Waals surface area contributed by atoms with Crippen LogP contribution in [0, 0.1) is 0 Å². The van der Waals surface area contributed by atoms with Crippen LogP contribution in [0.25, 0.3) is 0 Å². The predicted molar refractivity (Wildman–Crippen MR) is 32.7 cm³/mol. The molecule has 0 fully saturated rings. The molecule has 4 heteroatoms. The summed E-state index contributed by atoms with van der Waals surface area (Å²) in [5.74, 6) is 3.96. The third-order valence-corrected chi connectivity index (χ3v) is 4.54.